The molecule has 3 nitrogen and oxygen atoms in total. The predicted molar refractivity (Wildman–Crippen MR) is 57.7 cm³/mol. The molecule has 0 unspecified atom stereocenters. The molecule has 1 atom stereocenters. The van der Waals surface area contributed by atoms with Crippen LogP contribution in [0, 0.1) is 0 Å². The second-order valence-electron chi connectivity index (χ2n) is 3.02. The van der Waals surface area contributed by atoms with E-state index in [0.29, 0.717) is 6.04 Å². The topological polar surface area (TPSA) is 29.9 Å². The van der Waals surface area contributed by atoms with Crippen molar-refractivity contribution in [2.24, 2.45) is 0 Å². The summed E-state index contributed by atoms with van der Waals surface area (Å²) in [7, 11) is 0. The van der Waals surface area contributed by atoms with Crippen LogP contribution in [0.25, 0.3) is 0 Å². The van der Waals surface area contributed by atoms with Gasteiger partial charge in [0.25, 0.3) is 0 Å². The molecule has 1 saturated heterocycles. The molecule has 5 heteroatoms. The summed E-state index contributed by atoms with van der Waals surface area (Å²) in [4.78, 5) is 0. The Hall–Kier alpha value is -0.250. The number of hydrogen-bond acceptors (Lipinski definition) is 2. The first kappa shape index (κ1) is 12.8. The third-order valence-corrected chi connectivity index (χ3v) is 2.13. The highest BCUT2D eigenvalue weighted by Gasteiger charge is 2.13. The molecule has 1 fully saturated rings. The average Bonchev–Trinajstić information content (AvgIpc) is 2.60. The number of rotatable bonds is 2. The van der Waals surface area contributed by atoms with Gasteiger partial charge in [0, 0.05) is 18.4 Å². The second-order valence-corrected chi connectivity index (χ2v) is 3.02. The van der Waals surface area contributed by atoms with E-state index in [0.717, 1.165) is 6.54 Å². The Morgan fingerprint density at radius 1 is 1.46 bits per heavy atom. The van der Waals surface area contributed by atoms with Crippen LogP contribution in [0.1, 0.15) is 12.8 Å². The van der Waals surface area contributed by atoms with E-state index in [1.54, 1.807) is 0 Å². The van der Waals surface area contributed by atoms with Gasteiger partial charge in [0.2, 0.25) is 0 Å². The van der Waals surface area contributed by atoms with Crippen LogP contribution < -0.4 is 5.32 Å². The molecule has 0 aliphatic carbocycles. The number of hydrogen-bond donors (Lipinski definition) is 1. The number of nitrogens with one attached hydrogen (secondary N) is 1. The van der Waals surface area contributed by atoms with Gasteiger partial charge in [-0.1, -0.05) is 0 Å². The van der Waals surface area contributed by atoms with Crippen molar-refractivity contribution < 1.29 is 0 Å². The van der Waals surface area contributed by atoms with Crippen LogP contribution in [0.15, 0.2) is 18.5 Å². The highest BCUT2D eigenvalue weighted by molar-refractivity contribution is 5.85. The van der Waals surface area contributed by atoms with Gasteiger partial charge in [0.05, 0.1) is 6.54 Å². The molecule has 1 aliphatic rings. The van der Waals surface area contributed by atoms with Gasteiger partial charge in [-0.25, -0.2) is 0 Å². The fourth-order valence-corrected chi connectivity index (χ4v) is 1.55. The molecule has 2 rings (SSSR count). The van der Waals surface area contributed by atoms with Gasteiger partial charge in [-0.05, 0) is 25.5 Å². The molecule has 1 aromatic heterocycles. The summed E-state index contributed by atoms with van der Waals surface area (Å²) in [6.45, 7) is 2.19. The van der Waals surface area contributed by atoms with Crippen molar-refractivity contribution in [3.63, 3.8) is 0 Å². The second kappa shape index (κ2) is 6.24. The molecule has 0 bridgehead atoms. The van der Waals surface area contributed by atoms with Gasteiger partial charge in [-0.2, -0.15) is 5.10 Å². The number of halogens is 2. The summed E-state index contributed by atoms with van der Waals surface area (Å²) in [6, 6.07) is 2.62. The van der Waals surface area contributed by atoms with Crippen LogP contribution in [-0.2, 0) is 6.54 Å². The van der Waals surface area contributed by atoms with Crippen LogP contribution in [-0.4, -0.2) is 22.4 Å². The zero-order chi connectivity index (χ0) is 7.52. The summed E-state index contributed by atoms with van der Waals surface area (Å²) in [5.41, 5.74) is 0. The maximum atomic E-state index is 4.16. The lowest BCUT2D eigenvalue weighted by molar-refractivity contribution is 0.476. The van der Waals surface area contributed by atoms with Crippen molar-refractivity contribution in [2.45, 2.75) is 25.4 Å². The van der Waals surface area contributed by atoms with E-state index in [4.69, 9.17) is 0 Å². The number of aromatic nitrogens is 2. The van der Waals surface area contributed by atoms with Crippen molar-refractivity contribution in [1.82, 2.24) is 15.1 Å². The molecule has 76 valence electrons. The molecular formula is C8H15Cl2N3. The van der Waals surface area contributed by atoms with Crippen LogP contribution in [0.2, 0.25) is 0 Å². The van der Waals surface area contributed by atoms with E-state index in [-0.39, 0.29) is 24.8 Å². The summed E-state index contributed by atoms with van der Waals surface area (Å²) in [5, 5.41) is 7.59. The smallest absolute Gasteiger partial charge is 0.0562 e. The quantitative estimate of drug-likeness (QED) is 0.824. The molecule has 1 aliphatic heterocycles. The van der Waals surface area contributed by atoms with Crippen LogP contribution in [0.3, 0.4) is 0 Å². The first-order valence-electron chi connectivity index (χ1n) is 4.16. The Bertz CT molecular complexity index is 207. The maximum Gasteiger partial charge on any atom is 0.0562 e. The summed E-state index contributed by atoms with van der Waals surface area (Å²) in [5.74, 6) is 0. The fourth-order valence-electron chi connectivity index (χ4n) is 1.55. The third kappa shape index (κ3) is 3.55. The zero-order valence-electron chi connectivity index (χ0n) is 7.35. The Balaban J connectivity index is 0.000000720. The van der Waals surface area contributed by atoms with Crippen LogP contribution in [0.5, 0.6) is 0 Å². The van der Waals surface area contributed by atoms with E-state index < -0.39 is 0 Å². The maximum absolute atomic E-state index is 4.16. The predicted octanol–water partition coefficient (Wildman–Crippen LogP) is 1.48. The molecule has 1 N–H and O–H groups in total. The van der Waals surface area contributed by atoms with E-state index in [1.165, 1.54) is 19.4 Å². The lowest BCUT2D eigenvalue weighted by Gasteiger charge is -2.08. The van der Waals surface area contributed by atoms with Crippen molar-refractivity contribution in [1.29, 1.82) is 0 Å². The molecule has 13 heavy (non-hydrogen) atoms. The minimum absolute atomic E-state index is 0. The summed E-state index contributed by atoms with van der Waals surface area (Å²) in [6.07, 6.45) is 6.45. The van der Waals surface area contributed by atoms with E-state index in [2.05, 4.69) is 10.4 Å². The number of nitrogens with zero attached hydrogens (tertiary/aromatic N) is 2. The normalized spacial score (nSPS) is 20.5. The van der Waals surface area contributed by atoms with Gasteiger partial charge in [0.15, 0.2) is 0 Å². The van der Waals surface area contributed by atoms with Crippen molar-refractivity contribution >= 4 is 24.8 Å². The average molecular weight is 224 g/mol. The summed E-state index contributed by atoms with van der Waals surface area (Å²) < 4.78 is 1.99. The van der Waals surface area contributed by atoms with E-state index in [1.807, 2.05) is 23.1 Å². The highest BCUT2D eigenvalue weighted by atomic mass is 35.5. The monoisotopic (exact) mass is 223 g/mol. The molecule has 0 aromatic carbocycles. The highest BCUT2D eigenvalue weighted by Crippen LogP contribution is 2.06. The molecule has 0 radical (unpaired) electrons. The minimum atomic E-state index is 0. The Morgan fingerprint density at radius 2 is 2.31 bits per heavy atom. The molecule has 2 heterocycles. The molecule has 0 spiro atoms. The zero-order valence-corrected chi connectivity index (χ0v) is 8.98. The van der Waals surface area contributed by atoms with Crippen molar-refractivity contribution in [3.8, 4) is 0 Å². The van der Waals surface area contributed by atoms with Gasteiger partial charge < -0.3 is 5.32 Å². The fraction of sp³-hybridized carbons (Fsp3) is 0.625. The summed E-state index contributed by atoms with van der Waals surface area (Å²) >= 11 is 0. The molecular weight excluding hydrogens is 209 g/mol. The first-order chi connectivity index (χ1) is 5.45. The van der Waals surface area contributed by atoms with Gasteiger partial charge in [0.1, 0.15) is 0 Å². The minimum Gasteiger partial charge on any atom is -0.312 e. The standard InChI is InChI=1S/C8H13N3.2ClH/c1-3-8(9-4-1)7-11-6-2-5-10-11;;/h2,5-6,8-9H,1,3-4,7H2;2*1H/t8-;;/m1../s1. The molecule has 0 saturated carbocycles. The largest absolute Gasteiger partial charge is 0.312 e. The Morgan fingerprint density at radius 3 is 2.85 bits per heavy atom. The van der Waals surface area contributed by atoms with E-state index in [9.17, 15) is 0 Å². The van der Waals surface area contributed by atoms with Crippen LogP contribution in [0.4, 0.5) is 0 Å². The van der Waals surface area contributed by atoms with Gasteiger partial charge >= 0.3 is 0 Å². The molecule has 0 amide bonds. The van der Waals surface area contributed by atoms with Gasteiger partial charge in [-0.3, -0.25) is 4.68 Å². The lowest BCUT2D eigenvalue weighted by Crippen LogP contribution is -2.26. The molecule has 1 aromatic rings. The third-order valence-electron chi connectivity index (χ3n) is 2.13. The first-order valence-corrected chi connectivity index (χ1v) is 4.16. The van der Waals surface area contributed by atoms with Crippen LogP contribution >= 0.6 is 24.8 Å². The van der Waals surface area contributed by atoms with Gasteiger partial charge in [-0.15, -0.1) is 24.8 Å². The van der Waals surface area contributed by atoms with E-state index >= 15 is 0 Å². The Kier molecular flexibility index (Phi) is 6.12. The SMILES string of the molecule is Cl.Cl.c1cnn(C[C@H]2CCCN2)c1. The Labute approximate surface area is 90.7 Å². The van der Waals surface area contributed by atoms with Crippen molar-refractivity contribution in [3.05, 3.63) is 18.5 Å². The lowest BCUT2D eigenvalue weighted by atomic mass is 10.2. The van der Waals surface area contributed by atoms with Crippen molar-refractivity contribution in [2.75, 3.05) is 6.54 Å².